The molecule has 1 heterocycles. The Kier molecular flexibility index (Phi) is 11.3. The van der Waals surface area contributed by atoms with Gasteiger partial charge in [-0.2, -0.15) is 0 Å². The highest BCUT2D eigenvalue weighted by atomic mass is 35.5. The van der Waals surface area contributed by atoms with Gasteiger partial charge in [-0.25, -0.2) is 4.79 Å². The van der Waals surface area contributed by atoms with Gasteiger partial charge in [0.15, 0.2) is 11.7 Å². The predicted octanol–water partition coefficient (Wildman–Crippen LogP) is 4.03. The molecule has 1 aliphatic rings. The summed E-state index contributed by atoms with van der Waals surface area (Å²) in [6, 6.07) is 9.71. The summed E-state index contributed by atoms with van der Waals surface area (Å²) < 4.78 is 17.0. The number of nitrogens with zero attached hydrogens (tertiary/aromatic N) is 1. The lowest BCUT2D eigenvalue weighted by Crippen LogP contribution is -2.30. The summed E-state index contributed by atoms with van der Waals surface area (Å²) in [5.74, 6) is 0.243. The highest BCUT2D eigenvalue weighted by Crippen LogP contribution is 2.35. The van der Waals surface area contributed by atoms with E-state index in [0.717, 1.165) is 25.7 Å². The molecule has 4 amide bonds. The van der Waals surface area contributed by atoms with Crippen LogP contribution in [0, 0.1) is 0 Å². The summed E-state index contributed by atoms with van der Waals surface area (Å²) in [6.07, 6.45) is 5.72. The van der Waals surface area contributed by atoms with E-state index in [1.165, 1.54) is 0 Å². The minimum Gasteiger partial charge on any atom is -0.493 e. The molecular formula is C29H33ClN6O6S. The maximum absolute atomic E-state index is 12.3. The van der Waals surface area contributed by atoms with E-state index in [1.807, 2.05) is 0 Å². The molecule has 2 aromatic carbocycles. The maximum Gasteiger partial charge on any atom is 0.319 e. The van der Waals surface area contributed by atoms with Gasteiger partial charge in [-0.15, -0.1) is 0 Å². The van der Waals surface area contributed by atoms with Gasteiger partial charge in [0.2, 0.25) is 0 Å². The van der Waals surface area contributed by atoms with Gasteiger partial charge in [0.1, 0.15) is 17.2 Å². The van der Waals surface area contributed by atoms with Crippen molar-refractivity contribution in [3.8, 4) is 17.2 Å². The summed E-state index contributed by atoms with van der Waals surface area (Å²) >= 11 is 11.2. The molecule has 1 aromatic heterocycles. The first-order valence-corrected chi connectivity index (χ1v) is 14.5. The van der Waals surface area contributed by atoms with Crippen molar-refractivity contribution in [3.63, 3.8) is 0 Å². The van der Waals surface area contributed by atoms with E-state index in [0.29, 0.717) is 58.4 Å². The van der Waals surface area contributed by atoms with Crippen LogP contribution in [0.5, 0.6) is 17.2 Å². The van der Waals surface area contributed by atoms with Crippen molar-refractivity contribution < 1.29 is 28.6 Å². The highest BCUT2D eigenvalue weighted by molar-refractivity contribution is 7.80. The first-order valence-electron chi connectivity index (χ1n) is 13.8. The number of unbranched alkanes of at least 4 members (excludes halogenated alkanes) is 2. The smallest absolute Gasteiger partial charge is 0.319 e. The van der Waals surface area contributed by atoms with E-state index in [4.69, 9.17) is 49.5 Å². The second-order valence-corrected chi connectivity index (χ2v) is 10.6. The summed E-state index contributed by atoms with van der Waals surface area (Å²) in [6.45, 7) is 0.748. The van der Waals surface area contributed by atoms with Crippen molar-refractivity contribution in [3.05, 3.63) is 53.2 Å². The molecule has 228 valence electrons. The standard InChI is InChI=1S/C29H33ClN6O6S/c30-21-12-18(6-7-22(21)36-29(39)35-17-4-5-17)42-24-8-10-33-23-14-25(20(28(32)38)13-19(23)24)40-11-3-1-2-9-34-26(37)16-41-27(43)15-31/h6-8,10,12-14,17H,1-5,9,11,15-16,31H2,(H2,32,38)(H,34,37)(H2,35,36,39). The monoisotopic (exact) mass is 628 g/mol. The SMILES string of the molecule is NCC(=S)OCC(=O)NCCCCCOc1cc2nccc(Oc3ccc(NC(=O)NC4CC4)c(Cl)c3)c2cc1C(N)=O. The molecule has 7 N–H and O–H groups in total. The topological polar surface area (TPSA) is 180 Å². The number of hydrogen-bond donors (Lipinski definition) is 5. The molecule has 43 heavy (non-hydrogen) atoms. The normalized spacial score (nSPS) is 12.3. The molecule has 4 rings (SSSR count). The average molecular weight is 629 g/mol. The van der Waals surface area contributed by atoms with Crippen molar-refractivity contribution in [2.24, 2.45) is 11.5 Å². The molecule has 0 aliphatic heterocycles. The minimum atomic E-state index is -0.659. The van der Waals surface area contributed by atoms with Crippen LogP contribution in [0.25, 0.3) is 10.9 Å². The molecule has 14 heteroatoms. The number of carbonyl (C=O) groups excluding carboxylic acids is 3. The fourth-order valence-corrected chi connectivity index (χ4v) is 4.25. The van der Waals surface area contributed by atoms with Crippen molar-refractivity contribution >= 4 is 63.3 Å². The average Bonchev–Trinajstić information content (AvgIpc) is 3.80. The summed E-state index contributed by atoms with van der Waals surface area (Å²) in [4.78, 5) is 40.5. The molecule has 0 saturated heterocycles. The summed E-state index contributed by atoms with van der Waals surface area (Å²) in [5, 5.41) is 9.37. The largest absolute Gasteiger partial charge is 0.493 e. The lowest BCUT2D eigenvalue weighted by Gasteiger charge is -2.14. The first kappa shape index (κ1) is 31.7. The second kappa shape index (κ2) is 15.3. The minimum absolute atomic E-state index is 0.0908. The van der Waals surface area contributed by atoms with Crippen LogP contribution >= 0.6 is 23.8 Å². The third kappa shape index (κ3) is 9.66. The van der Waals surface area contributed by atoms with Crippen LogP contribution < -0.4 is 36.9 Å². The molecule has 0 radical (unpaired) electrons. The Labute approximate surface area is 258 Å². The third-order valence-corrected chi connectivity index (χ3v) is 6.93. The molecule has 1 aliphatic carbocycles. The number of amides is 4. The van der Waals surface area contributed by atoms with E-state index in [2.05, 4.69) is 20.9 Å². The zero-order valence-electron chi connectivity index (χ0n) is 23.3. The van der Waals surface area contributed by atoms with Crippen LogP contribution in [0.15, 0.2) is 42.6 Å². The molecular weight excluding hydrogens is 596 g/mol. The third-order valence-electron chi connectivity index (χ3n) is 6.33. The predicted molar refractivity (Wildman–Crippen MR) is 167 cm³/mol. The van der Waals surface area contributed by atoms with E-state index in [9.17, 15) is 14.4 Å². The van der Waals surface area contributed by atoms with Crippen molar-refractivity contribution in [2.75, 3.05) is 31.6 Å². The number of nitrogens with one attached hydrogen (secondary N) is 3. The number of benzene rings is 2. The maximum atomic E-state index is 12.3. The number of ether oxygens (including phenoxy) is 3. The van der Waals surface area contributed by atoms with Gasteiger partial charge in [-0.1, -0.05) is 11.6 Å². The number of primary amides is 1. The fourth-order valence-electron chi connectivity index (χ4n) is 3.98. The summed E-state index contributed by atoms with van der Waals surface area (Å²) in [7, 11) is 0. The Morgan fingerprint density at radius 1 is 1.07 bits per heavy atom. The lowest BCUT2D eigenvalue weighted by atomic mass is 10.1. The van der Waals surface area contributed by atoms with E-state index in [1.54, 1.807) is 42.6 Å². The molecule has 12 nitrogen and oxygen atoms in total. The highest BCUT2D eigenvalue weighted by Gasteiger charge is 2.23. The van der Waals surface area contributed by atoms with Crippen molar-refractivity contribution in [2.45, 2.75) is 38.1 Å². The Morgan fingerprint density at radius 2 is 1.88 bits per heavy atom. The molecule has 0 atom stereocenters. The zero-order chi connectivity index (χ0) is 30.8. The molecule has 0 unspecified atom stereocenters. The Morgan fingerprint density at radius 3 is 2.60 bits per heavy atom. The van der Waals surface area contributed by atoms with Crippen molar-refractivity contribution in [1.82, 2.24) is 15.6 Å². The molecule has 3 aromatic rings. The van der Waals surface area contributed by atoms with Crippen LogP contribution in [-0.4, -0.2) is 60.2 Å². The number of fused-ring (bicyclic) bond motifs is 1. The Balaban J connectivity index is 1.33. The zero-order valence-corrected chi connectivity index (χ0v) is 24.9. The number of nitrogens with two attached hydrogens (primary N) is 2. The second-order valence-electron chi connectivity index (χ2n) is 9.78. The van der Waals surface area contributed by atoms with E-state index < -0.39 is 5.91 Å². The van der Waals surface area contributed by atoms with Crippen molar-refractivity contribution in [1.29, 1.82) is 0 Å². The number of thiocarbonyl (C=S) groups is 1. The lowest BCUT2D eigenvalue weighted by molar-refractivity contribution is -0.123. The van der Waals surface area contributed by atoms with Crippen LogP contribution in [0.3, 0.4) is 0 Å². The number of aromatic nitrogens is 1. The van der Waals surface area contributed by atoms with Gasteiger partial charge in [0, 0.05) is 36.3 Å². The molecule has 0 bridgehead atoms. The van der Waals surface area contributed by atoms with E-state index in [-0.39, 0.29) is 41.7 Å². The molecule has 0 spiro atoms. The van der Waals surface area contributed by atoms with Crippen LogP contribution in [-0.2, 0) is 9.53 Å². The Bertz CT molecular complexity index is 1500. The van der Waals surface area contributed by atoms with Gasteiger partial charge >= 0.3 is 6.03 Å². The number of carbonyl (C=O) groups is 3. The fraction of sp³-hybridized carbons (Fsp3) is 0.345. The number of anilines is 1. The van der Waals surface area contributed by atoms with Gasteiger partial charge < -0.3 is 41.6 Å². The molecule has 1 saturated carbocycles. The number of pyridine rings is 1. The number of urea groups is 1. The van der Waals surface area contributed by atoms with Crippen LogP contribution in [0.4, 0.5) is 10.5 Å². The van der Waals surface area contributed by atoms with Gasteiger partial charge in [0.25, 0.3) is 11.8 Å². The first-order chi connectivity index (χ1) is 20.7. The Hall–Kier alpha value is -4.20. The molecule has 1 fully saturated rings. The van der Waals surface area contributed by atoms with Gasteiger partial charge in [-0.05, 0) is 68.6 Å². The number of hydrogen-bond acceptors (Lipinski definition) is 9. The number of halogens is 1. The number of rotatable bonds is 15. The van der Waals surface area contributed by atoms with E-state index >= 15 is 0 Å². The van der Waals surface area contributed by atoms with Crippen LogP contribution in [0.2, 0.25) is 5.02 Å². The van der Waals surface area contributed by atoms with Gasteiger partial charge in [0.05, 0.1) is 34.9 Å². The quantitative estimate of drug-likeness (QED) is 0.123. The van der Waals surface area contributed by atoms with Crippen LogP contribution in [0.1, 0.15) is 42.5 Å². The van der Waals surface area contributed by atoms with Gasteiger partial charge in [-0.3, -0.25) is 14.6 Å². The summed E-state index contributed by atoms with van der Waals surface area (Å²) in [5.41, 5.74) is 12.2.